The fourth-order valence-corrected chi connectivity index (χ4v) is 3.31. The highest BCUT2D eigenvalue weighted by atomic mass is 35.5. The average Bonchev–Trinajstić information content (AvgIpc) is 2.84. The van der Waals surface area contributed by atoms with Gasteiger partial charge < -0.3 is 9.88 Å². The van der Waals surface area contributed by atoms with Gasteiger partial charge in [0, 0.05) is 49.7 Å². The van der Waals surface area contributed by atoms with Crippen molar-refractivity contribution in [2.24, 2.45) is 0 Å². The number of anilines is 1. The van der Waals surface area contributed by atoms with Gasteiger partial charge in [0.05, 0.1) is 0 Å². The van der Waals surface area contributed by atoms with Gasteiger partial charge in [-0.25, -0.2) is 4.98 Å². The van der Waals surface area contributed by atoms with Crippen LogP contribution in [-0.4, -0.2) is 51.6 Å². The number of H-pyrrole nitrogens is 1. The molecule has 1 saturated heterocycles. The first-order valence-corrected chi connectivity index (χ1v) is 8.94. The summed E-state index contributed by atoms with van der Waals surface area (Å²) in [6.07, 6.45) is 4.36. The molecule has 1 aliphatic heterocycles. The lowest BCUT2D eigenvalue weighted by molar-refractivity contribution is 0.148. The monoisotopic (exact) mass is 361 g/mol. The molecule has 1 aliphatic rings. The molecule has 25 heavy (non-hydrogen) atoms. The molecule has 0 unspecified atom stereocenters. The van der Waals surface area contributed by atoms with Gasteiger partial charge in [-0.3, -0.25) is 14.7 Å². The van der Waals surface area contributed by atoms with Crippen LogP contribution in [0.15, 0.2) is 29.3 Å². The van der Waals surface area contributed by atoms with Crippen LogP contribution in [0.5, 0.6) is 0 Å². The van der Waals surface area contributed by atoms with E-state index in [1.54, 1.807) is 12.4 Å². The van der Waals surface area contributed by atoms with E-state index < -0.39 is 0 Å². The van der Waals surface area contributed by atoms with E-state index >= 15 is 0 Å². The second-order valence-electron chi connectivity index (χ2n) is 7.29. The van der Waals surface area contributed by atoms with Crippen LogP contribution in [0.1, 0.15) is 27.2 Å². The van der Waals surface area contributed by atoms with Gasteiger partial charge in [0.15, 0.2) is 5.82 Å². The van der Waals surface area contributed by atoms with Crippen molar-refractivity contribution in [1.82, 2.24) is 19.9 Å². The van der Waals surface area contributed by atoms with Crippen molar-refractivity contribution in [1.29, 1.82) is 0 Å². The van der Waals surface area contributed by atoms with Crippen LogP contribution in [-0.2, 0) is 0 Å². The molecule has 134 valence electrons. The summed E-state index contributed by atoms with van der Waals surface area (Å²) in [6.45, 7) is 10.2. The number of hydrogen-bond donors (Lipinski definition) is 1. The van der Waals surface area contributed by atoms with Crippen molar-refractivity contribution >= 4 is 17.4 Å². The molecular weight excluding hydrogens is 338 g/mol. The predicted molar refractivity (Wildman–Crippen MR) is 101 cm³/mol. The lowest BCUT2D eigenvalue weighted by atomic mass is 10.1. The Labute approximate surface area is 152 Å². The number of nitrogens with zero attached hydrogens (tertiary/aromatic N) is 4. The Morgan fingerprint density at radius 2 is 1.84 bits per heavy atom. The van der Waals surface area contributed by atoms with Crippen molar-refractivity contribution in [3.05, 3.63) is 39.9 Å². The third-order valence-electron chi connectivity index (χ3n) is 4.54. The molecule has 0 aromatic carbocycles. The van der Waals surface area contributed by atoms with Crippen LogP contribution < -0.4 is 10.5 Å². The largest absolute Gasteiger partial charge is 0.354 e. The summed E-state index contributed by atoms with van der Waals surface area (Å²) < 4.78 is 0. The minimum absolute atomic E-state index is 0.129. The Hall–Kier alpha value is -1.92. The fraction of sp³-hybridized carbons (Fsp3) is 0.500. The summed E-state index contributed by atoms with van der Waals surface area (Å²) in [5.41, 5.74) is 0.635. The van der Waals surface area contributed by atoms with E-state index in [2.05, 4.69) is 45.5 Å². The summed E-state index contributed by atoms with van der Waals surface area (Å²) in [5.74, 6) is 1.08. The second kappa shape index (κ2) is 7.14. The van der Waals surface area contributed by atoms with Crippen molar-refractivity contribution in [3.63, 3.8) is 0 Å². The van der Waals surface area contributed by atoms with Gasteiger partial charge in [-0.15, -0.1) is 0 Å². The molecule has 3 heterocycles. The Morgan fingerprint density at radius 1 is 1.12 bits per heavy atom. The first-order valence-electron chi connectivity index (χ1n) is 8.56. The molecule has 1 fully saturated rings. The maximum Gasteiger partial charge on any atom is 0.272 e. The number of rotatable bonds is 2. The maximum atomic E-state index is 12.3. The summed E-state index contributed by atoms with van der Waals surface area (Å²) in [7, 11) is 0. The smallest absolute Gasteiger partial charge is 0.272 e. The van der Waals surface area contributed by atoms with Crippen LogP contribution in [0.4, 0.5) is 5.82 Å². The Balaban J connectivity index is 1.92. The quantitative estimate of drug-likeness (QED) is 0.891. The zero-order valence-corrected chi connectivity index (χ0v) is 15.7. The number of halogens is 1. The van der Waals surface area contributed by atoms with Gasteiger partial charge in [0.2, 0.25) is 0 Å². The van der Waals surface area contributed by atoms with E-state index in [1.165, 1.54) is 0 Å². The van der Waals surface area contributed by atoms with E-state index in [0.29, 0.717) is 11.6 Å². The number of pyridine rings is 1. The molecule has 0 amide bonds. The molecule has 0 bridgehead atoms. The number of nitrogens with one attached hydrogen (secondary N) is 1. The van der Waals surface area contributed by atoms with E-state index in [4.69, 9.17) is 11.6 Å². The molecule has 6 nitrogen and oxygen atoms in total. The third kappa shape index (κ3) is 4.02. The van der Waals surface area contributed by atoms with Crippen molar-refractivity contribution in [2.75, 3.05) is 31.1 Å². The lowest BCUT2D eigenvalue weighted by Gasteiger charge is -2.34. The summed E-state index contributed by atoms with van der Waals surface area (Å²) in [5, 5.41) is 0.155. The minimum Gasteiger partial charge on any atom is -0.354 e. The molecule has 0 spiro atoms. The van der Waals surface area contributed by atoms with Gasteiger partial charge in [0.25, 0.3) is 5.56 Å². The van der Waals surface area contributed by atoms with Crippen molar-refractivity contribution in [2.45, 2.75) is 32.7 Å². The van der Waals surface area contributed by atoms with E-state index in [9.17, 15) is 4.79 Å². The zero-order chi connectivity index (χ0) is 18.0. The van der Waals surface area contributed by atoms with Crippen LogP contribution in [0.3, 0.4) is 0 Å². The first kappa shape index (κ1) is 17.9. The molecule has 0 atom stereocenters. The average molecular weight is 362 g/mol. The van der Waals surface area contributed by atoms with Gasteiger partial charge in [0.1, 0.15) is 10.8 Å². The van der Waals surface area contributed by atoms with Crippen LogP contribution >= 0.6 is 11.6 Å². The molecule has 2 aromatic rings. The molecular formula is C18H24ClN5O. The standard InChI is InChI=1S/C18H24ClN5O/c1-18(2,3)24-10-4-9-23(11-12-24)16-14(19)17(25)22-15(21-16)13-5-7-20-8-6-13/h5-8H,4,9-12H2,1-3H3,(H,21,22,25). The number of aromatic nitrogens is 3. The van der Waals surface area contributed by atoms with Crippen molar-refractivity contribution < 1.29 is 0 Å². The normalized spacial score (nSPS) is 16.7. The molecule has 2 aromatic heterocycles. The topological polar surface area (TPSA) is 65.1 Å². The van der Waals surface area contributed by atoms with Gasteiger partial charge in [-0.05, 0) is 39.3 Å². The SMILES string of the molecule is CC(C)(C)N1CCCN(c2nc(-c3ccncc3)[nH]c(=O)c2Cl)CC1. The van der Waals surface area contributed by atoms with Crippen LogP contribution in [0.25, 0.3) is 11.4 Å². The third-order valence-corrected chi connectivity index (χ3v) is 4.88. The molecule has 0 radical (unpaired) electrons. The van der Waals surface area contributed by atoms with Gasteiger partial charge in [-0.1, -0.05) is 11.6 Å². The minimum atomic E-state index is -0.310. The Bertz CT molecular complexity index is 784. The zero-order valence-electron chi connectivity index (χ0n) is 14.9. The highest BCUT2D eigenvalue weighted by Gasteiger charge is 2.26. The molecule has 0 aliphatic carbocycles. The van der Waals surface area contributed by atoms with Gasteiger partial charge >= 0.3 is 0 Å². The van der Waals surface area contributed by atoms with E-state index in [-0.39, 0.29) is 16.1 Å². The maximum absolute atomic E-state index is 12.3. The number of aromatic amines is 1. The van der Waals surface area contributed by atoms with Gasteiger partial charge in [-0.2, -0.15) is 0 Å². The highest BCUT2D eigenvalue weighted by Crippen LogP contribution is 2.25. The first-order chi connectivity index (χ1) is 11.9. The van der Waals surface area contributed by atoms with Crippen LogP contribution in [0.2, 0.25) is 5.02 Å². The summed E-state index contributed by atoms with van der Waals surface area (Å²) in [4.78, 5) is 28.3. The summed E-state index contributed by atoms with van der Waals surface area (Å²) >= 11 is 6.29. The number of hydrogen-bond acceptors (Lipinski definition) is 5. The Kier molecular flexibility index (Phi) is 5.11. The summed E-state index contributed by atoms with van der Waals surface area (Å²) in [6, 6.07) is 3.64. The highest BCUT2D eigenvalue weighted by molar-refractivity contribution is 6.32. The molecule has 0 saturated carbocycles. The second-order valence-corrected chi connectivity index (χ2v) is 7.66. The molecule has 7 heteroatoms. The fourth-order valence-electron chi connectivity index (χ4n) is 3.10. The predicted octanol–water partition coefficient (Wildman–Crippen LogP) is 2.80. The molecule has 3 rings (SSSR count). The Morgan fingerprint density at radius 3 is 2.52 bits per heavy atom. The van der Waals surface area contributed by atoms with Crippen molar-refractivity contribution in [3.8, 4) is 11.4 Å². The molecule has 1 N–H and O–H groups in total. The van der Waals surface area contributed by atoms with Crippen LogP contribution in [0, 0.1) is 0 Å². The van der Waals surface area contributed by atoms with E-state index in [1.807, 2.05) is 12.1 Å². The lowest BCUT2D eigenvalue weighted by Crippen LogP contribution is -2.43. The van der Waals surface area contributed by atoms with E-state index in [0.717, 1.165) is 38.2 Å².